The molecule has 0 amide bonds. The second-order valence-corrected chi connectivity index (χ2v) is 16.1. The molecule has 0 bridgehead atoms. The Bertz CT molecular complexity index is 781. The second kappa shape index (κ2) is 38.1. The molecule has 0 rings (SSSR count). The molecule has 0 aliphatic heterocycles. The average molecular weight is 723 g/mol. The van der Waals surface area contributed by atoms with Gasteiger partial charge in [-0.1, -0.05) is 202 Å². The Balaban J connectivity index is 4.35. The number of esters is 3. The summed E-state index contributed by atoms with van der Waals surface area (Å²) in [5.41, 5.74) is 0. The van der Waals surface area contributed by atoms with Crippen molar-refractivity contribution in [3.8, 4) is 0 Å². The van der Waals surface area contributed by atoms with Crippen LogP contribution >= 0.6 is 0 Å². The van der Waals surface area contributed by atoms with Gasteiger partial charge in [-0.2, -0.15) is 0 Å². The number of ether oxygens (including phenoxy) is 3. The van der Waals surface area contributed by atoms with Gasteiger partial charge in [0, 0.05) is 19.3 Å². The summed E-state index contributed by atoms with van der Waals surface area (Å²) in [6, 6.07) is 0. The van der Waals surface area contributed by atoms with Gasteiger partial charge in [-0.3, -0.25) is 14.4 Å². The van der Waals surface area contributed by atoms with Crippen molar-refractivity contribution in [2.24, 2.45) is 11.8 Å². The maximum atomic E-state index is 12.7. The first kappa shape index (κ1) is 49.4. The summed E-state index contributed by atoms with van der Waals surface area (Å²) in [5, 5.41) is 0. The third-order valence-corrected chi connectivity index (χ3v) is 10.3. The molecule has 0 aromatic rings. The van der Waals surface area contributed by atoms with E-state index in [4.69, 9.17) is 14.2 Å². The van der Waals surface area contributed by atoms with Crippen LogP contribution < -0.4 is 0 Å². The summed E-state index contributed by atoms with van der Waals surface area (Å²) >= 11 is 0. The Labute approximate surface area is 317 Å². The van der Waals surface area contributed by atoms with Gasteiger partial charge in [-0.05, 0) is 31.1 Å². The van der Waals surface area contributed by atoms with E-state index >= 15 is 0 Å². The fourth-order valence-corrected chi connectivity index (χ4v) is 6.54. The Hall–Kier alpha value is -1.59. The van der Waals surface area contributed by atoms with E-state index in [0.29, 0.717) is 19.3 Å². The van der Waals surface area contributed by atoms with Crippen molar-refractivity contribution in [2.45, 2.75) is 246 Å². The molecule has 2 atom stereocenters. The van der Waals surface area contributed by atoms with E-state index in [9.17, 15) is 14.4 Å². The number of unbranched alkanes of at least 4 members (excludes halogenated alkanes) is 23. The molecule has 51 heavy (non-hydrogen) atoms. The molecule has 0 fully saturated rings. The van der Waals surface area contributed by atoms with Crippen LogP contribution in [0.3, 0.4) is 0 Å². The van der Waals surface area contributed by atoms with Crippen molar-refractivity contribution in [3.05, 3.63) is 0 Å². The summed E-state index contributed by atoms with van der Waals surface area (Å²) < 4.78 is 16.7. The van der Waals surface area contributed by atoms with Crippen LogP contribution in [0.1, 0.15) is 240 Å². The molecule has 0 saturated heterocycles. The molecule has 0 spiro atoms. The monoisotopic (exact) mass is 723 g/mol. The zero-order valence-electron chi connectivity index (χ0n) is 34.7. The Morgan fingerprint density at radius 1 is 0.412 bits per heavy atom. The molecule has 0 saturated carbocycles. The molecule has 0 aromatic carbocycles. The number of carbonyl (C=O) groups is 3. The lowest BCUT2D eigenvalue weighted by atomic mass is 10.00. The van der Waals surface area contributed by atoms with Gasteiger partial charge in [0.05, 0.1) is 0 Å². The van der Waals surface area contributed by atoms with Gasteiger partial charge in [-0.15, -0.1) is 0 Å². The molecule has 1 unspecified atom stereocenters. The third kappa shape index (κ3) is 38.0. The fraction of sp³-hybridized carbons (Fsp3) is 0.933. The standard InChI is InChI=1S/C45H86O6/c1-6-8-9-10-11-12-16-19-25-30-35-43(46)49-38-42(39-50-44(47)36-31-26-22-21-24-29-34-41(5)7-2)51-45(48)37-32-27-20-17-14-13-15-18-23-28-33-40(3)4/h40-42H,6-39H2,1-5H3/t41?,42-/m1/s1. The highest BCUT2D eigenvalue weighted by Crippen LogP contribution is 2.17. The molecular weight excluding hydrogens is 636 g/mol. The number of carbonyl (C=O) groups excluding carboxylic acids is 3. The zero-order chi connectivity index (χ0) is 37.6. The highest BCUT2D eigenvalue weighted by atomic mass is 16.6. The van der Waals surface area contributed by atoms with Gasteiger partial charge < -0.3 is 14.2 Å². The maximum Gasteiger partial charge on any atom is 0.306 e. The minimum Gasteiger partial charge on any atom is -0.462 e. The summed E-state index contributed by atoms with van der Waals surface area (Å²) in [4.78, 5) is 37.6. The maximum absolute atomic E-state index is 12.7. The van der Waals surface area contributed by atoms with E-state index in [1.807, 2.05) is 0 Å². The van der Waals surface area contributed by atoms with Crippen LogP contribution in [0.5, 0.6) is 0 Å². The zero-order valence-corrected chi connectivity index (χ0v) is 34.7. The normalized spacial score (nSPS) is 12.6. The summed E-state index contributed by atoms with van der Waals surface area (Å²) in [6.45, 7) is 11.3. The lowest BCUT2D eigenvalue weighted by Crippen LogP contribution is -2.30. The van der Waals surface area contributed by atoms with E-state index in [2.05, 4.69) is 34.6 Å². The highest BCUT2D eigenvalue weighted by Gasteiger charge is 2.19. The van der Waals surface area contributed by atoms with Crippen LogP contribution in [0.15, 0.2) is 0 Å². The van der Waals surface area contributed by atoms with E-state index in [1.54, 1.807) is 0 Å². The van der Waals surface area contributed by atoms with Gasteiger partial charge in [-0.25, -0.2) is 0 Å². The van der Waals surface area contributed by atoms with E-state index in [0.717, 1.165) is 69.6 Å². The van der Waals surface area contributed by atoms with Crippen LogP contribution in [0.2, 0.25) is 0 Å². The Morgan fingerprint density at radius 2 is 0.745 bits per heavy atom. The SMILES string of the molecule is CCCCCCCCCCCCC(=O)OC[C@H](COC(=O)CCCCCCCCC(C)CC)OC(=O)CCCCCCCCCCCCC(C)C. The average Bonchev–Trinajstić information content (AvgIpc) is 3.11. The smallest absolute Gasteiger partial charge is 0.306 e. The Morgan fingerprint density at radius 3 is 1.12 bits per heavy atom. The van der Waals surface area contributed by atoms with Gasteiger partial charge in [0.15, 0.2) is 6.10 Å². The predicted octanol–water partition coefficient (Wildman–Crippen LogP) is 13.8. The molecular formula is C45H86O6. The van der Waals surface area contributed by atoms with Crippen molar-refractivity contribution in [3.63, 3.8) is 0 Å². The fourth-order valence-electron chi connectivity index (χ4n) is 6.54. The lowest BCUT2D eigenvalue weighted by molar-refractivity contribution is -0.167. The number of hydrogen-bond acceptors (Lipinski definition) is 6. The quantitative estimate of drug-likeness (QED) is 0.0357. The van der Waals surface area contributed by atoms with Crippen molar-refractivity contribution in [1.82, 2.24) is 0 Å². The van der Waals surface area contributed by atoms with Crippen molar-refractivity contribution >= 4 is 17.9 Å². The Kier molecular flexibility index (Phi) is 37.0. The van der Waals surface area contributed by atoms with Gasteiger partial charge in [0.1, 0.15) is 13.2 Å². The molecule has 0 radical (unpaired) electrons. The summed E-state index contributed by atoms with van der Waals surface area (Å²) in [6.07, 6.45) is 35.2. The molecule has 302 valence electrons. The van der Waals surface area contributed by atoms with E-state index in [-0.39, 0.29) is 31.1 Å². The largest absolute Gasteiger partial charge is 0.462 e. The molecule has 0 aliphatic rings. The van der Waals surface area contributed by atoms with Gasteiger partial charge in [0.25, 0.3) is 0 Å². The highest BCUT2D eigenvalue weighted by molar-refractivity contribution is 5.71. The first-order chi connectivity index (χ1) is 24.8. The third-order valence-electron chi connectivity index (χ3n) is 10.3. The predicted molar refractivity (Wildman–Crippen MR) is 215 cm³/mol. The van der Waals surface area contributed by atoms with Crippen LogP contribution in [0.4, 0.5) is 0 Å². The molecule has 0 N–H and O–H groups in total. The minimum atomic E-state index is -0.760. The second-order valence-electron chi connectivity index (χ2n) is 16.1. The minimum absolute atomic E-state index is 0.0657. The van der Waals surface area contributed by atoms with Crippen molar-refractivity contribution in [2.75, 3.05) is 13.2 Å². The van der Waals surface area contributed by atoms with Gasteiger partial charge >= 0.3 is 17.9 Å². The number of hydrogen-bond donors (Lipinski definition) is 0. The van der Waals surface area contributed by atoms with Crippen molar-refractivity contribution < 1.29 is 28.6 Å². The number of rotatable bonds is 39. The molecule has 0 aliphatic carbocycles. The molecule has 6 heteroatoms. The first-order valence-electron chi connectivity index (χ1n) is 22.3. The van der Waals surface area contributed by atoms with Crippen LogP contribution in [-0.4, -0.2) is 37.2 Å². The van der Waals surface area contributed by atoms with Crippen LogP contribution in [0, 0.1) is 11.8 Å². The van der Waals surface area contributed by atoms with E-state index in [1.165, 1.54) is 128 Å². The van der Waals surface area contributed by atoms with Crippen molar-refractivity contribution in [1.29, 1.82) is 0 Å². The van der Waals surface area contributed by atoms with Crippen LogP contribution in [0.25, 0.3) is 0 Å². The lowest BCUT2D eigenvalue weighted by Gasteiger charge is -2.18. The van der Waals surface area contributed by atoms with Gasteiger partial charge in [0.2, 0.25) is 0 Å². The molecule has 0 aromatic heterocycles. The molecule has 0 heterocycles. The topological polar surface area (TPSA) is 78.9 Å². The molecule has 6 nitrogen and oxygen atoms in total. The van der Waals surface area contributed by atoms with E-state index < -0.39 is 6.10 Å². The summed E-state index contributed by atoms with van der Waals surface area (Å²) in [5.74, 6) is 0.767. The first-order valence-corrected chi connectivity index (χ1v) is 22.3. The van der Waals surface area contributed by atoms with Crippen LogP contribution in [-0.2, 0) is 28.6 Å². The summed E-state index contributed by atoms with van der Waals surface area (Å²) in [7, 11) is 0.